The van der Waals surface area contributed by atoms with E-state index in [4.69, 9.17) is 0 Å². The van der Waals surface area contributed by atoms with Crippen molar-refractivity contribution < 1.29 is 22.8 Å². The van der Waals surface area contributed by atoms with Crippen LogP contribution in [0.2, 0.25) is 0 Å². The van der Waals surface area contributed by atoms with Gasteiger partial charge in [-0.15, -0.1) is 0 Å². The molecule has 0 saturated heterocycles. The van der Waals surface area contributed by atoms with E-state index in [0.29, 0.717) is 11.4 Å². The number of carbonyl (C=O) groups excluding carboxylic acids is 2. The van der Waals surface area contributed by atoms with Crippen LogP contribution >= 0.6 is 0 Å². The van der Waals surface area contributed by atoms with E-state index in [9.17, 15) is 22.8 Å². The minimum absolute atomic E-state index is 0.185. The monoisotopic (exact) mass is 365 g/mol. The van der Waals surface area contributed by atoms with Crippen molar-refractivity contribution in [1.82, 2.24) is 0 Å². The average molecular weight is 365 g/mol. The zero-order valence-corrected chi connectivity index (χ0v) is 14.1. The van der Waals surface area contributed by atoms with Gasteiger partial charge in [-0.05, 0) is 55.5 Å². The molecule has 2 rings (SSSR count). The minimum Gasteiger partial charge on any atom is -0.374 e. The molecule has 0 radical (unpaired) electrons. The quantitative estimate of drug-likeness (QED) is 0.747. The van der Waals surface area contributed by atoms with Crippen LogP contribution in [0.5, 0.6) is 0 Å². The molecule has 1 atom stereocenters. The Balaban J connectivity index is 1.94. The van der Waals surface area contributed by atoms with Gasteiger partial charge in [0, 0.05) is 24.0 Å². The van der Waals surface area contributed by atoms with Gasteiger partial charge < -0.3 is 16.0 Å². The highest BCUT2D eigenvalue weighted by atomic mass is 19.4. The van der Waals surface area contributed by atoms with Crippen LogP contribution in [0.1, 0.15) is 19.4 Å². The van der Waals surface area contributed by atoms with Crippen LogP contribution < -0.4 is 16.0 Å². The Morgan fingerprint density at radius 3 is 1.81 bits per heavy atom. The van der Waals surface area contributed by atoms with E-state index in [0.717, 1.165) is 12.1 Å². The smallest absolute Gasteiger partial charge is 0.374 e. The normalized spacial score (nSPS) is 12.2. The van der Waals surface area contributed by atoms with Gasteiger partial charge in [0.1, 0.15) is 6.04 Å². The predicted octanol–water partition coefficient (Wildman–Crippen LogP) is 4.10. The predicted molar refractivity (Wildman–Crippen MR) is 93.9 cm³/mol. The second kappa shape index (κ2) is 7.90. The van der Waals surface area contributed by atoms with Gasteiger partial charge in [0.15, 0.2) is 0 Å². The first-order valence-corrected chi connectivity index (χ1v) is 7.77. The number of nitrogens with one attached hydrogen (secondary N) is 3. The maximum atomic E-state index is 12.5. The number of benzene rings is 2. The molecule has 2 amide bonds. The van der Waals surface area contributed by atoms with Gasteiger partial charge in [-0.2, -0.15) is 13.2 Å². The second-order valence-corrected chi connectivity index (χ2v) is 5.69. The zero-order valence-electron chi connectivity index (χ0n) is 14.1. The highest BCUT2D eigenvalue weighted by molar-refractivity contribution is 5.96. The van der Waals surface area contributed by atoms with E-state index >= 15 is 0 Å². The van der Waals surface area contributed by atoms with Crippen molar-refractivity contribution in [2.24, 2.45) is 0 Å². The summed E-state index contributed by atoms with van der Waals surface area (Å²) in [6.45, 7) is 3.03. The molecule has 0 aliphatic heterocycles. The molecule has 0 bridgehead atoms. The van der Waals surface area contributed by atoms with Gasteiger partial charge in [-0.25, -0.2) is 0 Å². The standard InChI is InChI=1S/C18H18F3N3O2/c1-11(22-14-7-9-15(10-8-14)23-12(2)25)17(26)24-16-5-3-13(4-6-16)18(19,20)21/h3-11,22H,1-2H3,(H,23,25)(H,24,26). The van der Waals surface area contributed by atoms with Gasteiger partial charge in [-0.1, -0.05) is 0 Å². The Morgan fingerprint density at radius 1 is 0.846 bits per heavy atom. The summed E-state index contributed by atoms with van der Waals surface area (Å²) < 4.78 is 37.6. The van der Waals surface area contributed by atoms with Gasteiger partial charge in [0.2, 0.25) is 11.8 Å². The van der Waals surface area contributed by atoms with Crippen molar-refractivity contribution in [3.8, 4) is 0 Å². The van der Waals surface area contributed by atoms with Crippen LogP contribution in [0.3, 0.4) is 0 Å². The average Bonchev–Trinajstić information content (AvgIpc) is 2.55. The molecule has 5 nitrogen and oxygen atoms in total. The number of hydrogen-bond donors (Lipinski definition) is 3. The summed E-state index contributed by atoms with van der Waals surface area (Å²) >= 11 is 0. The van der Waals surface area contributed by atoms with Crippen LogP contribution in [0, 0.1) is 0 Å². The van der Waals surface area contributed by atoms with E-state index in [-0.39, 0.29) is 11.6 Å². The van der Waals surface area contributed by atoms with Gasteiger partial charge >= 0.3 is 6.18 Å². The number of carbonyl (C=O) groups is 2. The van der Waals surface area contributed by atoms with Crippen molar-refractivity contribution in [3.05, 3.63) is 54.1 Å². The Morgan fingerprint density at radius 2 is 1.31 bits per heavy atom. The molecule has 0 aliphatic rings. The molecule has 3 N–H and O–H groups in total. The Hall–Kier alpha value is -3.03. The van der Waals surface area contributed by atoms with Crippen molar-refractivity contribution in [3.63, 3.8) is 0 Å². The molecule has 0 aromatic heterocycles. The molecule has 0 spiro atoms. The molecular formula is C18H18F3N3O2. The van der Waals surface area contributed by atoms with Crippen molar-refractivity contribution in [2.75, 3.05) is 16.0 Å². The van der Waals surface area contributed by atoms with Crippen LogP contribution in [0.4, 0.5) is 30.2 Å². The topological polar surface area (TPSA) is 70.2 Å². The lowest BCUT2D eigenvalue weighted by molar-refractivity contribution is -0.137. The first-order valence-electron chi connectivity index (χ1n) is 7.77. The number of anilines is 3. The lowest BCUT2D eigenvalue weighted by atomic mass is 10.2. The summed E-state index contributed by atoms with van der Waals surface area (Å²) in [5, 5.41) is 8.16. The first-order chi connectivity index (χ1) is 12.1. The highest BCUT2D eigenvalue weighted by Crippen LogP contribution is 2.29. The first kappa shape index (κ1) is 19.3. The Kier molecular flexibility index (Phi) is 5.86. The highest BCUT2D eigenvalue weighted by Gasteiger charge is 2.30. The van der Waals surface area contributed by atoms with E-state index in [2.05, 4.69) is 16.0 Å². The number of halogens is 3. The molecule has 2 aromatic carbocycles. The Bertz CT molecular complexity index is 772. The van der Waals surface area contributed by atoms with E-state index in [1.807, 2.05) is 0 Å². The summed E-state index contributed by atoms with van der Waals surface area (Å²) in [6.07, 6.45) is -4.42. The van der Waals surface area contributed by atoms with Gasteiger partial charge in [0.25, 0.3) is 0 Å². The summed E-state index contributed by atoms with van der Waals surface area (Å²) in [5.74, 6) is -0.578. The molecule has 0 aliphatic carbocycles. The minimum atomic E-state index is -4.42. The molecule has 26 heavy (non-hydrogen) atoms. The van der Waals surface area contributed by atoms with E-state index in [1.54, 1.807) is 31.2 Å². The number of amides is 2. The van der Waals surface area contributed by atoms with Crippen molar-refractivity contribution in [2.45, 2.75) is 26.1 Å². The SMILES string of the molecule is CC(=O)Nc1ccc(NC(C)C(=O)Nc2ccc(C(F)(F)F)cc2)cc1. The third-order valence-corrected chi connectivity index (χ3v) is 3.46. The lowest BCUT2D eigenvalue weighted by Crippen LogP contribution is -2.31. The van der Waals surface area contributed by atoms with Gasteiger partial charge in [0.05, 0.1) is 5.56 Å². The number of alkyl halides is 3. The van der Waals surface area contributed by atoms with E-state index < -0.39 is 23.7 Å². The molecule has 0 saturated carbocycles. The molecule has 138 valence electrons. The fraction of sp³-hybridized carbons (Fsp3) is 0.222. The maximum absolute atomic E-state index is 12.5. The summed E-state index contributed by atoms with van der Waals surface area (Å²) in [7, 11) is 0. The molecule has 0 heterocycles. The fourth-order valence-electron chi connectivity index (χ4n) is 2.16. The zero-order chi connectivity index (χ0) is 19.3. The molecule has 0 fully saturated rings. The number of rotatable bonds is 5. The lowest BCUT2D eigenvalue weighted by Gasteiger charge is -2.16. The van der Waals surface area contributed by atoms with Crippen molar-refractivity contribution in [1.29, 1.82) is 0 Å². The van der Waals surface area contributed by atoms with E-state index in [1.165, 1.54) is 19.1 Å². The van der Waals surface area contributed by atoms with Crippen LogP contribution in [0.15, 0.2) is 48.5 Å². The largest absolute Gasteiger partial charge is 0.416 e. The molecular weight excluding hydrogens is 347 g/mol. The maximum Gasteiger partial charge on any atom is 0.416 e. The summed E-state index contributed by atoms with van der Waals surface area (Å²) in [6, 6.07) is 10.4. The fourth-order valence-corrected chi connectivity index (χ4v) is 2.16. The van der Waals surface area contributed by atoms with Gasteiger partial charge in [-0.3, -0.25) is 9.59 Å². The molecule has 1 unspecified atom stereocenters. The number of hydrogen-bond acceptors (Lipinski definition) is 3. The second-order valence-electron chi connectivity index (χ2n) is 5.69. The molecule has 8 heteroatoms. The third-order valence-electron chi connectivity index (χ3n) is 3.46. The van der Waals surface area contributed by atoms with Crippen LogP contribution in [-0.2, 0) is 15.8 Å². The molecule has 2 aromatic rings. The van der Waals surface area contributed by atoms with Crippen LogP contribution in [0.25, 0.3) is 0 Å². The van der Waals surface area contributed by atoms with Crippen LogP contribution in [-0.4, -0.2) is 17.9 Å². The summed E-state index contributed by atoms with van der Waals surface area (Å²) in [5.41, 5.74) is 0.790. The Labute approximate surface area is 148 Å². The third kappa shape index (κ3) is 5.51. The van der Waals surface area contributed by atoms with Crippen molar-refractivity contribution >= 4 is 28.9 Å². The summed E-state index contributed by atoms with van der Waals surface area (Å²) in [4.78, 5) is 23.1.